The summed E-state index contributed by atoms with van der Waals surface area (Å²) in [4.78, 5) is 14.7. The lowest BCUT2D eigenvalue weighted by Crippen LogP contribution is -1.80. The molecule has 2 aromatic rings. The van der Waals surface area contributed by atoms with Crippen LogP contribution in [0.5, 0.6) is 0 Å². The highest BCUT2D eigenvalue weighted by molar-refractivity contribution is 8.13. The number of hydrogen-bond donors (Lipinski definition) is 0. The highest BCUT2D eigenvalue weighted by Gasteiger charge is 2.10. The van der Waals surface area contributed by atoms with Gasteiger partial charge in [0.05, 0.1) is 10.8 Å². The van der Waals surface area contributed by atoms with E-state index in [1.807, 2.05) is 0 Å². The van der Waals surface area contributed by atoms with Gasteiger partial charge >= 0.3 is 0 Å². The highest BCUT2D eigenvalue weighted by Crippen LogP contribution is 2.24. The third kappa shape index (κ3) is 3.10. The molecule has 0 N–H and O–H groups in total. The van der Waals surface area contributed by atoms with Crippen LogP contribution in [-0.2, 0) is 4.79 Å². The van der Waals surface area contributed by atoms with Crippen molar-refractivity contribution in [3.05, 3.63) is 24.3 Å². The summed E-state index contributed by atoms with van der Waals surface area (Å²) in [7, 11) is 0. The smallest absolute Gasteiger partial charge is 0.284 e. The summed E-state index contributed by atoms with van der Waals surface area (Å²) in [5.41, 5.74) is 1.45. The number of rotatable bonds is 3. The zero-order chi connectivity index (χ0) is 13.0. The molecular formula is C11H7N3O2S2. The Balaban J connectivity index is 2.23. The van der Waals surface area contributed by atoms with Crippen molar-refractivity contribution in [1.29, 1.82) is 0 Å². The van der Waals surface area contributed by atoms with Crippen molar-refractivity contribution in [2.75, 3.05) is 0 Å². The number of carbonyl (C=O) groups is 1. The number of benzene rings is 1. The summed E-state index contributed by atoms with van der Waals surface area (Å²) in [6.07, 6.45) is 0. The van der Waals surface area contributed by atoms with E-state index in [0.29, 0.717) is 11.6 Å². The molecule has 0 aliphatic rings. The van der Waals surface area contributed by atoms with E-state index in [4.69, 9.17) is 4.42 Å². The molecule has 5 nitrogen and oxygen atoms in total. The van der Waals surface area contributed by atoms with Gasteiger partial charge in [-0.1, -0.05) is 0 Å². The summed E-state index contributed by atoms with van der Waals surface area (Å²) >= 11 is 5.42. The average molecular weight is 277 g/mol. The molecule has 0 bridgehead atoms. The van der Waals surface area contributed by atoms with Gasteiger partial charge in [0.25, 0.3) is 5.22 Å². The maximum Gasteiger partial charge on any atom is 0.284 e. The molecule has 0 aliphatic carbocycles. The molecule has 0 radical (unpaired) electrons. The predicted octanol–water partition coefficient (Wildman–Crippen LogP) is 3.11. The zero-order valence-electron chi connectivity index (χ0n) is 9.28. The fourth-order valence-corrected chi connectivity index (χ4v) is 1.78. The molecule has 90 valence electrons. The van der Waals surface area contributed by atoms with Gasteiger partial charge in [-0.15, -0.1) is 10.2 Å². The van der Waals surface area contributed by atoms with E-state index in [2.05, 4.69) is 32.6 Å². The second kappa shape index (κ2) is 5.68. The number of isothiocyanates is 1. The van der Waals surface area contributed by atoms with E-state index in [1.165, 1.54) is 6.92 Å². The molecule has 0 unspecified atom stereocenters. The Labute approximate surface area is 112 Å². The quantitative estimate of drug-likeness (QED) is 0.488. The Hall–Kier alpha value is -1.82. The van der Waals surface area contributed by atoms with Crippen LogP contribution in [0.25, 0.3) is 11.5 Å². The van der Waals surface area contributed by atoms with Gasteiger partial charge < -0.3 is 4.42 Å². The van der Waals surface area contributed by atoms with Crippen LogP contribution in [0.2, 0.25) is 0 Å². The first-order valence-electron chi connectivity index (χ1n) is 4.89. The summed E-state index contributed by atoms with van der Waals surface area (Å²) in [5.74, 6) is 0.358. The van der Waals surface area contributed by atoms with Crippen LogP contribution in [0, 0.1) is 0 Å². The molecule has 0 saturated heterocycles. The van der Waals surface area contributed by atoms with E-state index in [1.54, 1.807) is 24.3 Å². The third-order valence-electron chi connectivity index (χ3n) is 1.93. The van der Waals surface area contributed by atoms with E-state index in [9.17, 15) is 4.79 Å². The Morgan fingerprint density at radius 2 is 2.11 bits per heavy atom. The topological polar surface area (TPSA) is 68.3 Å². The Kier molecular flexibility index (Phi) is 3.99. The van der Waals surface area contributed by atoms with Gasteiger partial charge in [-0.25, -0.2) is 0 Å². The van der Waals surface area contributed by atoms with Crippen LogP contribution in [0.4, 0.5) is 5.69 Å². The van der Waals surface area contributed by atoms with Crippen molar-refractivity contribution in [3.8, 4) is 11.5 Å². The van der Waals surface area contributed by atoms with Gasteiger partial charge in [0.2, 0.25) is 5.89 Å². The first kappa shape index (κ1) is 12.6. The number of nitrogens with zero attached hydrogens (tertiary/aromatic N) is 3. The maximum atomic E-state index is 10.9. The minimum Gasteiger partial charge on any atom is -0.411 e. The molecule has 1 heterocycles. The molecule has 0 fully saturated rings. The Bertz CT molecular complexity index is 615. The van der Waals surface area contributed by atoms with Crippen LogP contribution >= 0.6 is 24.0 Å². The average Bonchev–Trinajstić information content (AvgIpc) is 2.78. The number of aliphatic imine (C=N–C) groups is 1. The molecule has 0 saturated carbocycles. The summed E-state index contributed by atoms with van der Waals surface area (Å²) < 4.78 is 5.33. The van der Waals surface area contributed by atoms with E-state index < -0.39 is 0 Å². The lowest BCUT2D eigenvalue weighted by Gasteiger charge is -1.94. The van der Waals surface area contributed by atoms with Crippen molar-refractivity contribution in [3.63, 3.8) is 0 Å². The van der Waals surface area contributed by atoms with Crippen LogP contribution in [0.3, 0.4) is 0 Å². The number of hydrogen-bond acceptors (Lipinski definition) is 7. The lowest BCUT2D eigenvalue weighted by atomic mass is 10.2. The lowest BCUT2D eigenvalue weighted by molar-refractivity contribution is -0.109. The normalized spacial score (nSPS) is 9.83. The largest absolute Gasteiger partial charge is 0.411 e. The highest BCUT2D eigenvalue weighted by atomic mass is 32.2. The number of aromatic nitrogens is 2. The molecule has 2 rings (SSSR count). The molecule has 0 aliphatic heterocycles. The Morgan fingerprint density at radius 3 is 2.72 bits per heavy atom. The number of carbonyl (C=O) groups excluding carboxylic acids is 1. The summed E-state index contributed by atoms with van der Waals surface area (Å²) in [5, 5.41) is 10.0. The second-order valence-electron chi connectivity index (χ2n) is 3.22. The molecule has 1 aromatic carbocycles. The molecular weight excluding hydrogens is 270 g/mol. The third-order valence-corrected chi connectivity index (χ3v) is 2.64. The van der Waals surface area contributed by atoms with Gasteiger partial charge in [0, 0.05) is 24.2 Å². The van der Waals surface area contributed by atoms with E-state index in [-0.39, 0.29) is 10.3 Å². The maximum absolute atomic E-state index is 10.9. The minimum atomic E-state index is -0.101. The fraction of sp³-hybridized carbons (Fsp3) is 0.0909. The summed E-state index contributed by atoms with van der Waals surface area (Å²) in [6, 6.07) is 7.08. The first-order valence-corrected chi connectivity index (χ1v) is 6.12. The second-order valence-corrected chi connectivity index (χ2v) is 4.53. The van der Waals surface area contributed by atoms with E-state index in [0.717, 1.165) is 17.3 Å². The van der Waals surface area contributed by atoms with Gasteiger partial charge in [-0.05, 0) is 36.5 Å². The van der Waals surface area contributed by atoms with Crippen molar-refractivity contribution < 1.29 is 9.21 Å². The minimum absolute atomic E-state index is 0.101. The molecule has 0 amide bonds. The molecule has 7 heteroatoms. The van der Waals surface area contributed by atoms with Crippen molar-refractivity contribution in [2.45, 2.75) is 12.1 Å². The van der Waals surface area contributed by atoms with Crippen LogP contribution in [-0.4, -0.2) is 20.5 Å². The SMILES string of the molecule is CC(=O)Sc1nnc(-c2ccc(N=C=S)cc2)o1. The van der Waals surface area contributed by atoms with Crippen molar-refractivity contribution in [1.82, 2.24) is 10.2 Å². The van der Waals surface area contributed by atoms with Crippen LogP contribution in [0.15, 0.2) is 38.9 Å². The fourth-order valence-electron chi connectivity index (χ4n) is 1.22. The summed E-state index contributed by atoms with van der Waals surface area (Å²) in [6.45, 7) is 1.44. The van der Waals surface area contributed by atoms with Gasteiger partial charge in [-0.2, -0.15) is 4.99 Å². The standard InChI is InChI=1S/C11H7N3O2S2/c1-7(15)18-11-14-13-10(16-11)8-2-4-9(5-3-8)12-6-17/h2-5H,1H3. The van der Waals surface area contributed by atoms with Gasteiger partial charge in [0.1, 0.15) is 0 Å². The predicted molar refractivity (Wildman–Crippen MR) is 71.0 cm³/mol. The van der Waals surface area contributed by atoms with Crippen molar-refractivity contribution >= 4 is 39.9 Å². The molecule has 1 aromatic heterocycles. The Morgan fingerprint density at radius 1 is 1.39 bits per heavy atom. The number of thiocarbonyl (C=S) groups is 1. The first-order chi connectivity index (χ1) is 8.69. The van der Waals surface area contributed by atoms with Gasteiger partial charge in [-0.3, -0.25) is 4.79 Å². The number of thioether (sulfide) groups is 1. The molecule has 0 atom stereocenters. The van der Waals surface area contributed by atoms with Crippen LogP contribution in [0.1, 0.15) is 6.92 Å². The van der Waals surface area contributed by atoms with Crippen molar-refractivity contribution in [2.24, 2.45) is 4.99 Å². The van der Waals surface area contributed by atoms with Gasteiger partial charge in [0.15, 0.2) is 5.12 Å². The van der Waals surface area contributed by atoms with Crippen LogP contribution < -0.4 is 0 Å². The van der Waals surface area contributed by atoms with E-state index >= 15 is 0 Å². The molecule has 0 spiro atoms. The monoisotopic (exact) mass is 277 g/mol. The molecule has 18 heavy (non-hydrogen) atoms. The zero-order valence-corrected chi connectivity index (χ0v) is 10.9.